The van der Waals surface area contributed by atoms with Crippen LogP contribution in [0.5, 0.6) is 0 Å². The summed E-state index contributed by atoms with van der Waals surface area (Å²) in [5.41, 5.74) is 0. The Labute approximate surface area is 86.3 Å². The smallest absolute Gasteiger partial charge is 0.395 e. The number of phosphoric acid groups is 1. The molecule has 0 aromatic heterocycles. The van der Waals surface area contributed by atoms with Gasteiger partial charge in [-0.25, -0.2) is 4.57 Å². The number of phosphoric ester groups is 1. The van der Waals surface area contributed by atoms with E-state index < -0.39 is 20.3 Å². The topological polar surface area (TPSA) is 128 Å². The second kappa shape index (κ2) is 6.89. The van der Waals surface area contributed by atoms with E-state index in [1.165, 1.54) is 4.90 Å². The molecule has 9 heteroatoms. The van der Waals surface area contributed by atoms with Gasteiger partial charge in [-0.1, -0.05) is 0 Å². The minimum absolute atomic E-state index is 0.108. The van der Waals surface area contributed by atoms with E-state index in [1.54, 1.807) is 0 Å². The highest BCUT2D eigenvalue weighted by molar-refractivity contribution is 7.46. The molecular formula is C6H14NO7P. The average Bonchev–Trinajstić information content (AvgIpc) is 2.00. The van der Waals surface area contributed by atoms with Gasteiger partial charge in [-0.15, -0.1) is 0 Å². The number of aliphatic hydroxyl groups is 2. The van der Waals surface area contributed by atoms with Crippen LogP contribution in [0.2, 0.25) is 0 Å². The fraction of sp³-hybridized carbons (Fsp3) is 0.833. The number of aliphatic hydroxyl groups excluding tert-OH is 2. The zero-order valence-corrected chi connectivity index (χ0v) is 8.84. The van der Waals surface area contributed by atoms with Crippen LogP contribution < -0.4 is 0 Å². The standard InChI is InChI=1S/C6H14NO7P/c8-3-1-7(2-4-9)5-6(10)14-15(11,12)13/h8-9H,1-5H2,(H2,11,12,13). The molecule has 0 unspecified atom stereocenters. The maximum Gasteiger partial charge on any atom is 0.527 e. The minimum atomic E-state index is -4.82. The number of hydrogen-bond acceptors (Lipinski definition) is 6. The molecule has 0 fully saturated rings. The lowest BCUT2D eigenvalue weighted by atomic mass is 10.4. The van der Waals surface area contributed by atoms with Crippen molar-refractivity contribution in [1.29, 1.82) is 0 Å². The van der Waals surface area contributed by atoms with Crippen LogP contribution in [0.25, 0.3) is 0 Å². The largest absolute Gasteiger partial charge is 0.527 e. The van der Waals surface area contributed by atoms with Gasteiger partial charge < -0.3 is 14.7 Å². The van der Waals surface area contributed by atoms with Crippen molar-refractivity contribution in [1.82, 2.24) is 4.90 Å². The molecule has 0 heterocycles. The van der Waals surface area contributed by atoms with Gasteiger partial charge in [-0.2, -0.15) is 0 Å². The lowest BCUT2D eigenvalue weighted by Gasteiger charge is -2.18. The van der Waals surface area contributed by atoms with Crippen LogP contribution in [-0.2, 0) is 13.9 Å². The fourth-order valence-corrected chi connectivity index (χ4v) is 1.22. The third kappa shape index (κ3) is 8.49. The number of nitrogens with zero attached hydrogens (tertiary/aromatic N) is 1. The molecule has 0 rings (SSSR count). The second-order valence-corrected chi connectivity index (χ2v) is 3.84. The highest BCUT2D eigenvalue weighted by Crippen LogP contribution is 2.35. The van der Waals surface area contributed by atoms with Crippen molar-refractivity contribution in [2.75, 3.05) is 32.8 Å². The second-order valence-electron chi connectivity index (χ2n) is 2.68. The van der Waals surface area contributed by atoms with Gasteiger partial charge in [-0.05, 0) is 0 Å². The summed E-state index contributed by atoms with van der Waals surface area (Å²) in [5, 5.41) is 17.2. The van der Waals surface area contributed by atoms with Crippen LogP contribution >= 0.6 is 7.82 Å². The van der Waals surface area contributed by atoms with Gasteiger partial charge in [0, 0.05) is 13.1 Å². The molecule has 90 valence electrons. The maximum atomic E-state index is 10.9. The highest BCUT2D eigenvalue weighted by Gasteiger charge is 2.21. The summed E-state index contributed by atoms with van der Waals surface area (Å²) >= 11 is 0. The van der Waals surface area contributed by atoms with E-state index in [-0.39, 0.29) is 26.3 Å². The zero-order valence-electron chi connectivity index (χ0n) is 7.94. The van der Waals surface area contributed by atoms with Crippen LogP contribution in [0, 0.1) is 0 Å². The van der Waals surface area contributed by atoms with Crippen molar-refractivity contribution in [3.63, 3.8) is 0 Å². The monoisotopic (exact) mass is 243 g/mol. The molecule has 0 aromatic rings. The Balaban J connectivity index is 4.04. The summed E-state index contributed by atoms with van der Waals surface area (Å²) in [7, 11) is -4.82. The van der Waals surface area contributed by atoms with Crippen molar-refractivity contribution in [2.24, 2.45) is 0 Å². The molecule has 0 aliphatic rings. The quantitative estimate of drug-likeness (QED) is 0.375. The molecule has 0 aliphatic carbocycles. The number of rotatable bonds is 7. The number of carbonyl (C=O) groups excluding carboxylic acids is 1. The fourth-order valence-electron chi connectivity index (χ4n) is 0.897. The minimum Gasteiger partial charge on any atom is -0.395 e. The summed E-state index contributed by atoms with van der Waals surface area (Å²) in [4.78, 5) is 28.8. The molecule has 0 saturated carbocycles. The SMILES string of the molecule is O=C(CN(CCO)CCO)OP(=O)(O)O. The van der Waals surface area contributed by atoms with Gasteiger partial charge in [0.2, 0.25) is 0 Å². The Bertz CT molecular complexity index is 234. The van der Waals surface area contributed by atoms with Crippen LogP contribution in [0.1, 0.15) is 0 Å². The summed E-state index contributed by atoms with van der Waals surface area (Å²) in [6.45, 7) is -0.647. The molecule has 0 amide bonds. The lowest BCUT2D eigenvalue weighted by Crippen LogP contribution is -2.35. The molecule has 0 aromatic carbocycles. The summed E-state index contributed by atoms with van der Waals surface area (Å²) in [5.74, 6) is -1.11. The molecule has 0 radical (unpaired) electrons. The first-order chi connectivity index (χ1) is 6.89. The molecule has 4 N–H and O–H groups in total. The van der Waals surface area contributed by atoms with E-state index >= 15 is 0 Å². The average molecular weight is 243 g/mol. The van der Waals surface area contributed by atoms with Gasteiger partial charge in [-0.3, -0.25) is 19.5 Å². The maximum absolute atomic E-state index is 10.9. The molecule has 0 saturated heterocycles. The molecule has 8 nitrogen and oxygen atoms in total. The van der Waals surface area contributed by atoms with Gasteiger partial charge in [0.25, 0.3) is 0 Å². The van der Waals surface area contributed by atoms with Gasteiger partial charge >= 0.3 is 13.8 Å². The van der Waals surface area contributed by atoms with Gasteiger partial charge in [0.05, 0.1) is 19.8 Å². The van der Waals surface area contributed by atoms with Gasteiger partial charge in [0.1, 0.15) is 0 Å². The van der Waals surface area contributed by atoms with Crippen LogP contribution in [0.4, 0.5) is 0 Å². The summed E-state index contributed by atoms with van der Waals surface area (Å²) in [6.07, 6.45) is 0. The number of carbonyl (C=O) groups is 1. The molecule has 15 heavy (non-hydrogen) atoms. The Morgan fingerprint density at radius 2 is 1.67 bits per heavy atom. The van der Waals surface area contributed by atoms with E-state index in [0.717, 1.165) is 0 Å². The third-order valence-electron chi connectivity index (χ3n) is 1.41. The lowest BCUT2D eigenvalue weighted by molar-refractivity contribution is -0.137. The number of hydrogen-bond donors (Lipinski definition) is 4. The van der Waals surface area contributed by atoms with Crippen molar-refractivity contribution in [3.8, 4) is 0 Å². The molecule has 0 bridgehead atoms. The first-order valence-corrected chi connectivity index (χ1v) is 5.64. The Morgan fingerprint density at radius 1 is 1.20 bits per heavy atom. The first kappa shape index (κ1) is 14.5. The summed E-state index contributed by atoms with van der Waals surface area (Å²) in [6, 6.07) is 0. The van der Waals surface area contributed by atoms with E-state index in [2.05, 4.69) is 4.52 Å². The summed E-state index contributed by atoms with van der Waals surface area (Å²) < 4.78 is 14.1. The first-order valence-electron chi connectivity index (χ1n) is 4.11. The van der Waals surface area contributed by atoms with Crippen molar-refractivity contribution in [2.45, 2.75) is 0 Å². The molecular weight excluding hydrogens is 229 g/mol. The van der Waals surface area contributed by atoms with E-state index in [1.807, 2.05) is 0 Å². The van der Waals surface area contributed by atoms with Crippen LogP contribution in [0.15, 0.2) is 0 Å². The Kier molecular flexibility index (Phi) is 6.66. The third-order valence-corrected chi connectivity index (χ3v) is 1.85. The molecule has 0 aliphatic heterocycles. The van der Waals surface area contributed by atoms with Crippen molar-refractivity contribution in [3.05, 3.63) is 0 Å². The van der Waals surface area contributed by atoms with Crippen LogP contribution in [-0.4, -0.2) is 63.7 Å². The zero-order chi connectivity index (χ0) is 11.9. The normalized spacial score (nSPS) is 11.8. The Hall–Kier alpha value is -0.500. The predicted octanol–water partition coefficient (Wildman–Crippen LogP) is -2.09. The molecule has 0 spiro atoms. The van der Waals surface area contributed by atoms with Crippen molar-refractivity contribution < 1.29 is 33.9 Å². The van der Waals surface area contributed by atoms with Crippen molar-refractivity contribution >= 4 is 13.8 Å². The van der Waals surface area contributed by atoms with E-state index in [4.69, 9.17) is 20.0 Å². The Morgan fingerprint density at radius 3 is 2.00 bits per heavy atom. The van der Waals surface area contributed by atoms with E-state index in [0.29, 0.717) is 0 Å². The predicted molar refractivity (Wildman–Crippen MR) is 48.7 cm³/mol. The van der Waals surface area contributed by atoms with Gasteiger partial charge in [0.15, 0.2) is 0 Å². The van der Waals surface area contributed by atoms with E-state index in [9.17, 15) is 9.36 Å². The molecule has 0 atom stereocenters. The highest BCUT2D eigenvalue weighted by atomic mass is 31.2. The van der Waals surface area contributed by atoms with Crippen LogP contribution in [0.3, 0.4) is 0 Å².